The Morgan fingerprint density at radius 2 is 1.82 bits per heavy atom. The average Bonchev–Trinajstić information content (AvgIpc) is 2.46. The van der Waals surface area contributed by atoms with Crippen molar-refractivity contribution in [2.24, 2.45) is 0 Å². The largest absolute Gasteiger partial charge is 0.333 e. The fourth-order valence-corrected chi connectivity index (χ4v) is 5.32. The fraction of sp³-hybridized carbons (Fsp3) is 0.588. The molecule has 4 nitrogen and oxygen atoms in total. The predicted molar refractivity (Wildman–Crippen MR) is 85.8 cm³/mol. The van der Waals surface area contributed by atoms with E-state index < -0.39 is 9.84 Å². The minimum absolute atomic E-state index is 0.0328. The van der Waals surface area contributed by atoms with Gasteiger partial charge in [-0.3, -0.25) is 4.79 Å². The van der Waals surface area contributed by atoms with E-state index in [0.29, 0.717) is 16.9 Å². The number of nitrogens with zero attached hydrogens (tertiary/aromatic N) is 1. The summed E-state index contributed by atoms with van der Waals surface area (Å²) >= 11 is 0. The molecule has 2 unspecified atom stereocenters. The zero-order valence-electron chi connectivity index (χ0n) is 13.2. The minimum atomic E-state index is -3.16. The molecule has 1 amide bonds. The molecule has 5 heteroatoms. The molecule has 1 aromatic carbocycles. The van der Waals surface area contributed by atoms with Crippen molar-refractivity contribution in [1.29, 1.82) is 0 Å². The van der Waals surface area contributed by atoms with Gasteiger partial charge in [-0.2, -0.15) is 0 Å². The van der Waals surface area contributed by atoms with Crippen LogP contribution in [0.3, 0.4) is 0 Å². The van der Waals surface area contributed by atoms with Crippen LogP contribution in [0.2, 0.25) is 0 Å². The summed E-state index contributed by atoms with van der Waals surface area (Å²) in [6.45, 7) is 4.19. The van der Waals surface area contributed by atoms with E-state index in [4.69, 9.17) is 0 Å². The number of rotatable bonds is 1. The summed E-state index contributed by atoms with van der Waals surface area (Å²) in [6.07, 6.45) is 4.61. The Hall–Kier alpha value is -1.36. The Morgan fingerprint density at radius 3 is 2.50 bits per heavy atom. The number of aryl methyl sites for hydroxylation is 1. The molecular weight excluding hydrogens is 298 g/mol. The third-order valence-electron chi connectivity index (χ3n) is 4.93. The first-order valence-corrected chi connectivity index (χ1v) is 9.74. The molecule has 1 fully saturated rings. The van der Waals surface area contributed by atoms with Gasteiger partial charge in [0.2, 0.25) is 0 Å². The van der Waals surface area contributed by atoms with Crippen LogP contribution in [0.25, 0.3) is 0 Å². The van der Waals surface area contributed by atoms with Gasteiger partial charge in [0, 0.05) is 17.6 Å². The number of carbonyl (C=O) groups is 1. The monoisotopic (exact) mass is 321 g/mol. The molecule has 2 aliphatic heterocycles. The first-order chi connectivity index (χ1) is 10.4. The Bertz CT molecular complexity index is 686. The molecule has 1 aromatic rings. The van der Waals surface area contributed by atoms with Crippen molar-refractivity contribution in [3.8, 4) is 0 Å². The fourth-order valence-electron chi connectivity index (χ4n) is 3.74. The maximum Gasteiger partial charge on any atom is 0.254 e. The quantitative estimate of drug-likeness (QED) is 0.799. The van der Waals surface area contributed by atoms with Gasteiger partial charge in [-0.05, 0) is 69.7 Å². The van der Waals surface area contributed by atoms with Crippen LogP contribution in [0.4, 0.5) is 0 Å². The van der Waals surface area contributed by atoms with Crippen molar-refractivity contribution < 1.29 is 13.2 Å². The second-order valence-electron chi connectivity index (χ2n) is 6.59. The van der Waals surface area contributed by atoms with Gasteiger partial charge in [-0.15, -0.1) is 0 Å². The van der Waals surface area contributed by atoms with E-state index in [1.165, 1.54) is 0 Å². The van der Waals surface area contributed by atoms with Crippen LogP contribution >= 0.6 is 0 Å². The third-order valence-corrected chi connectivity index (χ3v) is 6.82. The van der Waals surface area contributed by atoms with Crippen LogP contribution < -0.4 is 0 Å². The standard InChI is InChI=1S/C17H23NO3S/c1-12-5-3-6-13(2)18(12)17(19)15-8-9-16-14(11-15)7-4-10-22(16,20)21/h8-9,11-13H,3-7,10H2,1-2H3. The molecule has 0 N–H and O–H groups in total. The minimum Gasteiger partial charge on any atom is -0.333 e. The topological polar surface area (TPSA) is 54.5 Å². The maximum atomic E-state index is 12.8. The van der Waals surface area contributed by atoms with E-state index >= 15 is 0 Å². The summed E-state index contributed by atoms with van der Waals surface area (Å²) in [7, 11) is -3.16. The van der Waals surface area contributed by atoms with Crippen molar-refractivity contribution in [3.05, 3.63) is 29.3 Å². The van der Waals surface area contributed by atoms with Gasteiger partial charge < -0.3 is 4.90 Å². The molecule has 2 atom stereocenters. The summed E-state index contributed by atoms with van der Waals surface area (Å²) in [5.74, 6) is 0.249. The molecule has 0 saturated carbocycles. The molecular formula is C17H23NO3S. The smallest absolute Gasteiger partial charge is 0.254 e. The van der Waals surface area contributed by atoms with Crippen LogP contribution in [0, 0.1) is 0 Å². The summed E-state index contributed by atoms with van der Waals surface area (Å²) < 4.78 is 24.1. The average molecular weight is 321 g/mol. The first kappa shape index (κ1) is 15.5. The van der Waals surface area contributed by atoms with E-state index in [0.717, 1.165) is 31.2 Å². The lowest BCUT2D eigenvalue weighted by Gasteiger charge is -2.39. The Balaban J connectivity index is 1.94. The Kier molecular flexibility index (Phi) is 4.02. The first-order valence-electron chi connectivity index (χ1n) is 8.08. The highest BCUT2D eigenvalue weighted by molar-refractivity contribution is 7.91. The lowest BCUT2D eigenvalue weighted by atomic mass is 9.96. The van der Waals surface area contributed by atoms with E-state index in [9.17, 15) is 13.2 Å². The van der Waals surface area contributed by atoms with Crippen LogP contribution in [-0.4, -0.2) is 37.1 Å². The van der Waals surface area contributed by atoms with Gasteiger partial charge in [0.05, 0.1) is 10.6 Å². The highest BCUT2D eigenvalue weighted by atomic mass is 32.2. The van der Waals surface area contributed by atoms with E-state index in [-0.39, 0.29) is 23.7 Å². The summed E-state index contributed by atoms with van der Waals surface area (Å²) in [5.41, 5.74) is 1.42. The number of fused-ring (bicyclic) bond motifs is 1. The number of sulfone groups is 1. The Labute approximate surface area is 132 Å². The van der Waals surface area contributed by atoms with Gasteiger partial charge in [-0.1, -0.05) is 0 Å². The van der Waals surface area contributed by atoms with E-state index in [1.807, 2.05) is 4.90 Å². The summed E-state index contributed by atoms with van der Waals surface area (Å²) in [6, 6.07) is 5.59. The highest BCUT2D eigenvalue weighted by Crippen LogP contribution is 2.29. The van der Waals surface area contributed by atoms with Crippen molar-refractivity contribution in [2.45, 2.75) is 62.9 Å². The zero-order chi connectivity index (χ0) is 15.9. The van der Waals surface area contributed by atoms with Crippen LogP contribution in [0.5, 0.6) is 0 Å². The number of carbonyl (C=O) groups excluding carboxylic acids is 1. The molecule has 0 bridgehead atoms. The molecule has 3 rings (SSSR count). The number of amides is 1. The normalized spacial score (nSPS) is 27.3. The van der Waals surface area contributed by atoms with Crippen molar-refractivity contribution in [1.82, 2.24) is 4.90 Å². The van der Waals surface area contributed by atoms with Crippen LogP contribution in [0.1, 0.15) is 55.5 Å². The number of likely N-dealkylation sites (tertiary alicyclic amines) is 1. The maximum absolute atomic E-state index is 12.8. The molecule has 2 aliphatic rings. The van der Waals surface area contributed by atoms with Crippen molar-refractivity contribution >= 4 is 15.7 Å². The second-order valence-corrected chi connectivity index (χ2v) is 8.66. The summed E-state index contributed by atoms with van der Waals surface area (Å²) in [4.78, 5) is 15.2. The number of hydrogen-bond donors (Lipinski definition) is 0. The molecule has 0 aliphatic carbocycles. The van der Waals surface area contributed by atoms with Gasteiger partial charge in [0.15, 0.2) is 9.84 Å². The zero-order valence-corrected chi connectivity index (χ0v) is 14.0. The number of benzene rings is 1. The van der Waals surface area contributed by atoms with Gasteiger partial charge in [0.1, 0.15) is 0 Å². The SMILES string of the molecule is CC1CCCC(C)N1C(=O)c1ccc2c(c1)CCCS2(=O)=O. The number of piperidine rings is 1. The molecule has 1 saturated heterocycles. The number of hydrogen-bond acceptors (Lipinski definition) is 3. The molecule has 0 aromatic heterocycles. The van der Waals surface area contributed by atoms with E-state index in [1.54, 1.807) is 18.2 Å². The van der Waals surface area contributed by atoms with Gasteiger partial charge in [0.25, 0.3) is 5.91 Å². The molecule has 22 heavy (non-hydrogen) atoms. The second kappa shape index (κ2) is 5.69. The lowest BCUT2D eigenvalue weighted by molar-refractivity contribution is 0.0510. The molecule has 120 valence electrons. The van der Waals surface area contributed by atoms with Crippen LogP contribution in [-0.2, 0) is 16.3 Å². The third kappa shape index (κ3) is 2.67. The Morgan fingerprint density at radius 1 is 1.14 bits per heavy atom. The molecule has 0 spiro atoms. The molecule has 2 heterocycles. The predicted octanol–water partition coefficient (Wildman–Crippen LogP) is 2.81. The van der Waals surface area contributed by atoms with Crippen LogP contribution in [0.15, 0.2) is 23.1 Å². The lowest BCUT2D eigenvalue weighted by Crippen LogP contribution is -2.47. The van der Waals surface area contributed by atoms with E-state index in [2.05, 4.69) is 13.8 Å². The van der Waals surface area contributed by atoms with Gasteiger partial charge >= 0.3 is 0 Å². The van der Waals surface area contributed by atoms with Crippen molar-refractivity contribution in [2.75, 3.05) is 5.75 Å². The summed E-state index contributed by atoms with van der Waals surface area (Å²) in [5, 5.41) is 0. The van der Waals surface area contributed by atoms with Crippen molar-refractivity contribution in [3.63, 3.8) is 0 Å². The van der Waals surface area contributed by atoms with Gasteiger partial charge in [-0.25, -0.2) is 8.42 Å². The molecule has 0 radical (unpaired) electrons. The highest BCUT2D eigenvalue weighted by Gasteiger charge is 2.31.